The average molecular weight is 497 g/mol. The molecule has 0 radical (unpaired) electrons. The number of hydrogen-bond acceptors (Lipinski definition) is 6. The minimum Gasteiger partial charge on any atom is -0.497 e. The van der Waals surface area contributed by atoms with Gasteiger partial charge in [0.1, 0.15) is 23.9 Å². The molecule has 0 aliphatic carbocycles. The first-order valence-corrected chi connectivity index (χ1v) is 12.6. The molecule has 0 spiro atoms. The fourth-order valence-electron chi connectivity index (χ4n) is 3.91. The molecule has 4 rings (SSSR count). The highest BCUT2D eigenvalue weighted by molar-refractivity contribution is 7.92. The number of carbonyl (C=O) groups is 1. The minimum absolute atomic E-state index is 0.0935. The van der Waals surface area contributed by atoms with Gasteiger partial charge in [0.05, 0.1) is 30.8 Å². The van der Waals surface area contributed by atoms with E-state index in [1.165, 1.54) is 23.5 Å². The van der Waals surface area contributed by atoms with Crippen molar-refractivity contribution in [3.05, 3.63) is 77.9 Å². The summed E-state index contributed by atoms with van der Waals surface area (Å²) in [5.74, 6) is 1.18. The van der Waals surface area contributed by atoms with E-state index in [0.29, 0.717) is 17.2 Å². The number of amides is 1. The molecule has 0 saturated heterocycles. The van der Waals surface area contributed by atoms with Crippen molar-refractivity contribution < 1.29 is 27.4 Å². The average Bonchev–Trinajstić information content (AvgIpc) is 2.85. The van der Waals surface area contributed by atoms with Crippen LogP contribution in [0.4, 0.5) is 5.69 Å². The van der Waals surface area contributed by atoms with Gasteiger partial charge in [-0.3, -0.25) is 9.10 Å². The number of methoxy groups -OCH3 is 1. The third-order valence-electron chi connectivity index (χ3n) is 5.54. The maximum absolute atomic E-state index is 13.5. The summed E-state index contributed by atoms with van der Waals surface area (Å²) < 4.78 is 44.9. The molecule has 35 heavy (non-hydrogen) atoms. The van der Waals surface area contributed by atoms with Crippen LogP contribution in [-0.2, 0) is 14.8 Å². The molecule has 1 amide bonds. The number of benzene rings is 3. The lowest BCUT2D eigenvalue weighted by atomic mass is 10.1. The Morgan fingerprint density at radius 1 is 1.03 bits per heavy atom. The molecule has 8 nitrogen and oxygen atoms in total. The number of ether oxygens (including phenoxy) is 3. The molecular weight excluding hydrogens is 468 g/mol. The number of anilines is 1. The molecule has 0 saturated carbocycles. The molecule has 3 aromatic rings. The van der Waals surface area contributed by atoms with E-state index in [-0.39, 0.29) is 24.6 Å². The highest BCUT2D eigenvalue weighted by Gasteiger charge is 2.37. The van der Waals surface area contributed by atoms with E-state index in [4.69, 9.17) is 14.2 Å². The monoisotopic (exact) mass is 496 g/mol. The van der Waals surface area contributed by atoms with Crippen LogP contribution >= 0.6 is 0 Å². The van der Waals surface area contributed by atoms with Gasteiger partial charge in [-0.15, -0.1) is 0 Å². The Bertz CT molecular complexity index is 1290. The maximum Gasteiger partial charge on any atom is 0.264 e. The molecule has 184 valence electrons. The lowest BCUT2D eigenvalue weighted by Gasteiger charge is -2.34. The van der Waals surface area contributed by atoms with E-state index in [9.17, 15) is 13.2 Å². The number of rotatable bonds is 8. The van der Waals surface area contributed by atoms with Crippen molar-refractivity contribution in [3.8, 4) is 17.2 Å². The Morgan fingerprint density at radius 2 is 1.71 bits per heavy atom. The van der Waals surface area contributed by atoms with E-state index >= 15 is 0 Å². The third-order valence-corrected chi connectivity index (χ3v) is 7.33. The lowest BCUT2D eigenvalue weighted by Crippen LogP contribution is -2.51. The molecule has 0 aromatic heterocycles. The van der Waals surface area contributed by atoms with Crippen LogP contribution in [0.25, 0.3) is 0 Å². The van der Waals surface area contributed by atoms with Gasteiger partial charge in [0.25, 0.3) is 15.9 Å². The molecule has 1 atom stereocenters. The highest BCUT2D eigenvalue weighted by atomic mass is 32.2. The third kappa shape index (κ3) is 5.51. The summed E-state index contributed by atoms with van der Waals surface area (Å²) in [6, 6.07) is 18.8. The smallest absolute Gasteiger partial charge is 0.264 e. The van der Waals surface area contributed by atoms with Crippen LogP contribution in [0.1, 0.15) is 11.1 Å². The molecule has 0 bridgehead atoms. The van der Waals surface area contributed by atoms with E-state index in [1.54, 1.807) is 36.4 Å². The summed E-state index contributed by atoms with van der Waals surface area (Å²) in [4.78, 5) is 13.0. The summed E-state index contributed by atoms with van der Waals surface area (Å²) in [6.45, 7) is 4.34. The predicted octanol–water partition coefficient (Wildman–Crippen LogP) is 3.46. The molecule has 1 unspecified atom stereocenters. The fourth-order valence-corrected chi connectivity index (χ4v) is 5.39. The van der Waals surface area contributed by atoms with Crippen LogP contribution in [-0.4, -0.2) is 47.2 Å². The number of para-hydroxylation sites is 2. The number of nitrogens with one attached hydrogen (secondary N) is 1. The van der Waals surface area contributed by atoms with Crippen molar-refractivity contribution in [2.45, 2.75) is 24.8 Å². The van der Waals surface area contributed by atoms with Gasteiger partial charge >= 0.3 is 0 Å². The van der Waals surface area contributed by atoms with Crippen molar-refractivity contribution in [1.29, 1.82) is 0 Å². The van der Waals surface area contributed by atoms with Gasteiger partial charge in [-0.2, -0.15) is 0 Å². The predicted molar refractivity (Wildman–Crippen MR) is 133 cm³/mol. The molecule has 1 heterocycles. The molecule has 0 fully saturated rings. The second kappa shape index (κ2) is 10.3. The zero-order chi connectivity index (χ0) is 25.0. The van der Waals surface area contributed by atoms with Gasteiger partial charge in [-0.05, 0) is 73.5 Å². The number of sulfonamides is 1. The van der Waals surface area contributed by atoms with E-state index < -0.39 is 22.0 Å². The van der Waals surface area contributed by atoms with E-state index in [2.05, 4.69) is 11.4 Å². The number of hydrogen-bond donors (Lipinski definition) is 1. The Hall–Kier alpha value is -3.72. The Morgan fingerprint density at radius 3 is 2.40 bits per heavy atom. The van der Waals surface area contributed by atoms with Crippen molar-refractivity contribution in [1.82, 2.24) is 5.32 Å². The minimum atomic E-state index is -3.94. The van der Waals surface area contributed by atoms with Gasteiger partial charge in [-0.25, -0.2) is 8.42 Å². The molecule has 9 heteroatoms. The summed E-state index contributed by atoms with van der Waals surface area (Å²) >= 11 is 0. The number of aryl methyl sites for hydroxylation is 2. The number of nitrogens with zero attached hydrogens (tertiary/aromatic N) is 1. The lowest BCUT2D eigenvalue weighted by molar-refractivity contribution is -0.127. The first kappa shape index (κ1) is 24.4. The quantitative estimate of drug-likeness (QED) is 0.480. The Balaban J connectivity index is 1.46. The van der Waals surface area contributed by atoms with Crippen LogP contribution in [0.3, 0.4) is 0 Å². The molecular formula is C26H28N2O6S. The molecule has 3 aromatic carbocycles. The normalized spacial score (nSPS) is 15.1. The van der Waals surface area contributed by atoms with Crippen molar-refractivity contribution in [2.75, 3.05) is 31.1 Å². The van der Waals surface area contributed by atoms with Crippen LogP contribution in [0.2, 0.25) is 0 Å². The first-order valence-electron chi connectivity index (χ1n) is 11.2. The summed E-state index contributed by atoms with van der Waals surface area (Å²) in [5.41, 5.74) is 2.57. The zero-order valence-corrected chi connectivity index (χ0v) is 20.7. The Labute approximate surface area is 205 Å². The summed E-state index contributed by atoms with van der Waals surface area (Å²) in [5, 5.41) is 2.78. The summed E-state index contributed by atoms with van der Waals surface area (Å²) in [7, 11) is -2.43. The van der Waals surface area contributed by atoms with Gasteiger partial charge in [0.2, 0.25) is 0 Å². The van der Waals surface area contributed by atoms with Gasteiger partial charge < -0.3 is 19.5 Å². The van der Waals surface area contributed by atoms with Crippen LogP contribution in [0.15, 0.2) is 71.6 Å². The van der Waals surface area contributed by atoms with Crippen molar-refractivity contribution in [3.63, 3.8) is 0 Å². The highest BCUT2D eigenvalue weighted by Crippen LogP contribution is 2.37. The van der Waals surface area contributed by atoms with Crippen LogP contribution in [0.5, 0.6) is 17.2 Å². The van der Waals surface area contributed by atoms with Gasteiger partial charge in [0.15, 0.2) is 6.10 Å². The second-order valence-electron chi connectivity index (χ2n) is 8.25. The van der Waals surface area contributed by atoms with Crippen molar-refractivity contribution >= 4 is 21.6 Å². The summed E-state index contributed by atoms with van der Waals surface area (Å²) in [6.07, 6.45) is -1.01. The topological polar surface area (TPSA) is 94.2 Å². The molecule has 1 aliphatic heterocycles. The van der Waals surface area contributed by atoms with Gasteiger partial charge in [0, 0.05) is 0 Å². The SMILES string of the molecule is COc1ccc(S(=O)(=O)N2CC(C(=O)NCCOc3cc(C)cc(C)c3)Oc3ccccc32)cc1. The first-order chi connectivity index (χ1) is 16.8. The van der Waals surface area contributed by atoms with Crippen molar-refractivity contribution in [2.24, 2.45) is 0 Å². The second-order valence-corrected chi connectivity index (χ2v) is 10.1. The van der Waals surface area contributed by atoms with Crippen LogP contribution in [0, 0.1) is 13.8 Å². The van der Waals surface area contributed by atoms with Gasteiger partial charge in [-0.1, -0.05) is 18.2 Å². The number of fused-ring (bicyclic) bond motifs is 1. The molecule has 1 aliphatic rings. The molecule has 1 N–H and O–H groups in total. The maximum atomic E-state index is 13.5. The zero-order valence-electron chi connectivity index (χ0n) is 19.9. The van der Waals surface area contributed by atoms with E-state index in [1.807, 2.05) is 26.0 Å². The largest absolute Gasteiger partial charge is 0.497 e. The number of carbonyl (C=O) groups excluding carboxylic acids is 1. The standard InChI is InChI=1S/C26H28N2O6S/c1-18-14-19(2)16-21(15-18)33-13-12-27-26(29)25-17-28(23-6-4-5-7-24(23)34-25)35(30,31)22-10-8-20(32-3)9-11-22/h4-11,14-16,25H,12-13,17H2,1-3H3,(H,27,29). The Kier molecular flexibility index (Phi) is 7.16. The van der Waals surface area contributed by atoms with E-state index in [0.717, 1.165) is 16.9 Å². The fraction of sp³-hybridized carbons (Fsp3) is 0.269. The van der Waals surface area contributed by atoms with Crippen LogP contribution < -0.4 is 23.8 Å².